The van der Waals surface area contributed by atoms with E-state index in [2.05, 4.69) is 22.5 Å². The second-order valence-corrected chi connectivity index (χ2v) is 5.83. The summed E-state index contributed by atoms with van der Waals surface area (Å²) in [6, 6.07) is 15.7. The predicted molar refractivity (Wildman–Crippen MR) is 99.1 cm³/mol. The number of carbonyl (C=O) groups is 1. The highest BCUT2D eigenvalue weighted by atomic mass is 16.5. The average Bonchev–Trinajstić information content (AvgIpc) is 2.61. The first-order valence-corrected chi connectivity index (χ1v) is 7.98. The number of amides is 2. The summed E-state index contributed by atoms with van der Waals surface area (Å²) in [6.45, 7) is 4.58. The Labute approximate surface area is 143 Å². The zero-order valence-electron chi connectivity index (χ0n) is 14.7. The fourth-order valence-electron chi connectivity index (χ4n) is 2.36. The largest absolute Gasteiger partial charge is 0.495 e. The lowest BCUT2D eigenvalue weighted by Crippen LogP contribution is -2.41. The summed E-state index contributed by atoms with van der Waals surface area (Å²) >= 11 is 0. The van der Waals surface area contributed by atoms with E-state index < -0.39 is 0 Å². The third kappa shape index (κ3) is 4.65. The molecule has 0 aromatic heterocycles. The van der Waals surface area contributed by atoms with Gasteiger partial charge in [0.1, 0.15) is 5.75 Å². The van der Waals surface area contributed by atoms with Crippen LogP contribution < -0.4 is 20.3 Å². The van der Waals surface area contributed by atoms with Crippen molar-refractivity contribution in [3.63, 3.8) is 0 Å². The lowest BCUT2D eigenvalue weighted by Gasteiger charge is -2.27. The molecule has 0 fully saturated rings. The fourth-order valence-corrected chi connectivity index (χ4v) is 2.36. The van der Waals surface area contributed by atoms with Crippen LogP contribution in [-0.4, -0.2) is 32.8 Å². The van der Waals surface area contributed by atoms with Gasteiger partial charge in [-0.15, -0.1) is 0 Å². The summed E-state index contributed by atoms with van der Waals surface area (Å²) in [7, 11) is 3.61. The highest BCUT2D eigenvalue weighted by Gasteiger charge is 2.12. The molecular formula is C19H25N3O2. The second-order valence-electron chi connectivity index (χ2n) is 5.83. The molecule has 1 atom stereocenters. The Morgan fingerprint density at radius 3 is 2.58 bits per heavy atom. The minimum absolute atomic E-state index is 0.165. The van der Waals surface area contributed by atoms with Crippen LogP contribution in [0.3, 0.4) is 0 Å². The number of nitrogens with zero attached hydrogens (tertiary/aromatic N) is 1. The number of aryl methyl sites for hydroxylation is 1. The average molecular weight is 327 g/mol. The number of benzene rings is 2. The third-order valence-corrected chi connectivity index (χ3v) is 3.99. The van der Waals surface area contributed by atoms with E-state index in [1.165, 1.54) is 0 Å². The van der Waals surface area contributed by atoms with Crippen LogP contribution in [0.4, 0.5) is 16.2 Å². The molecule has 128 valence electrons. The number of methoxy groups -OCH3 is 1. The lowest BCUT2D eigenvalue weighted by atomic mass is 10.2. The van der Waals surface area contributed by atoms with Gasteiger partial charge in [0, 0.05) is 25.3 Å². The highest BCUT2D eigenvalue weighted by molar-refractivity contribution is 5.91. The number of hydrogen-bond acceptors (Lipinski definition) is 3. The van der Waals surface area contributed by atoms with Gasteiger partial charge >= 0.3 is 6.03 Å². The van der Waals surface area contributed by atoms with E-state index in [1.807, 2.05) is 62.5 Å². The van der Waals surface area contributed by atoms with Gasteiger partial charge in [-0.05, 0) is 43.7 Å². The highest BCUT2D eigenvalue weighted by Crippen LogP contribution is 2.25. The molecule has 2 rings (SSSR count). The zero-order chi connectivity index (χ0) is 17.5. The Balaban J connectivity index is 1.89. The topological polar surface area (TPSA) is 53.6 Å². The van der Waals surface area contributed by atoms with E-state index in [-0.39, 0.29) is 12.1 Å². The second kappa shape index (κ2) is 8.24. The summed E-state index contributed by atoms with van der Waals surface area (Å²) in [4.78, 5) is 14.3. The van der Waals surface area contributed by atoms with E-state index in [0.29, 0.717) is 18.0 Å². The molecule has 2 N–H and O–H groups in total. The molecule has 0 radical (unpaired) electrons. The molecule has 0 saturated carbocycles. The molecule has 2 amide bonds. The van der Waals surface area contributed by atoms with Crippen LogP contribution in [0.5, 0.6) is 5.75 Å². The van der Waals surface area contributed by atoms with Crippen molar-refractivity contribution in [1.82, 2.24) is 5.32 Å². The quantitative estimate of drug-likeness (QED) is 0.851. The zero-order valence-corrected chi connectivity index (χ0v) is 14.7. The van der Waals surface area contributed by atoms with Gasteiger partial charge in [-0.1, -0.05) is 24.3 Å². The van der Waals surface area contributed by atoms with Gasteiger partial charge in [-0.3, -0.25) is 0 Å². The predicted octanol–water partition coefficient (Wildman–Crippen LogP) is 3.65. The number of para-hydroxylation sites is 1. The molecule has 1 unspecified atom stereocenters. The molecule has 5 nitrogen and oxygen atoms in total. The van der Waals surface area contributed by atoms with Crippen LogP contribution in [0.2, 0.25) is 0 Å². The molecule has 0 aliphatic rings. The van der Waals surface area contributed by atoms with Crippen molar-refractivity contribution in [2.75, 3.05) is 30.9 Å². The molecular weight excluding hydrogens is 302 g/mol. The number of ether oxygens (including phenoxy) is 1. The Morgan fingerprint density at radius 1 is 1.21 bits per heavy atom. The molecule has 5 heteroatoms. The van der Waals surface area contributed by atoms with Crippen molar-refractivity contribution in [3.8, 4) is 5.75 Å². The van der Waals surface area contributed by atoms with E-state index in [0.717, 1.165) is 11.3 Å². The molecule has 24 heavy (non-hydrogen) atoms. The lowest BCUT2D eigenvalue weighted by molar-refractivity contribution is 0.251. The van der Waals surface area contributed by atoms with Crippen LogP contribution >= 0.6 is 0 Å². The van der Waals surface area contributed by atoms with Gasteiger partial charge in [-0.25, -0.2) is 4.79 Å². The molecule has 0 aliphatic carbocycles. The number of carbonyl (C=O) groups excluding carboxylic acids is 1. The van der Waals surface area contributed by atoms with Gasteiger partial charge in [0.05, 0.1) is 12.8 Å². The summed E-state index contributed by atoms with van der Waals surface area (Å²) in [5.74, 6) is 0.652. The molecule has 0 bridgehead atoms. The SMILES string of the molecule is COc1cc(C)ccc1NC(=O)NCC(C)N(C)c1ccccc1. The number of rotatable bonds is 6. The number of nitrogens with one attached hydrogen (secondary N) is 2. The molecule has 2 aromatic rings. The maximum absolute atomic E-state index is 12.1. The van der Waals surface area contributed by atoms with E-state index in [1.54, 1.807) is 7.11 Å². The summed E-state index contributed by atoms with van der Waals surface area (Å²) < 4.78 is 5.30. The van der Waals surface area contributed by atoms with Gasteiger partial charge in [0.25, 0.3) is 0 Å². The van der Waals surface area contributed by atoms with Gasteiger partial charge in [-0.2, -0.15) is 0 Å². The fraction of sp³-hybridized carbons (Fsp3) is 0.316. The number of hydrogen-bond donors (Lipinski definition) is 2. The Morgan fingerprint density at radius 2 is 1.92 bits per heavy atom. The number of anilines is 2. The van der Waals surface area contributed by atoms with E-state index >= 15 is 0 Å². The first-order valence-electron chi connectivity index (χ1n) is 7.98. The minimum atomic E-state index is -0.245. The molecule has 0 heterocycles. The molecule has 0 aliphatic heterocycles. The first kappa shape index (κ1) is 17.7. The first-order chi connectivity index (χ1) is 11.5. The standard InChI is InChI=1S/C19H25N3O2/c1-14-10-11-17(18(12-14)24-4)21-19(23)20-13-15(2)22(3)16-8-6-5-7-9-16/h5-12,15H,13H2,1-4H3,(H2,20,21,23). The van der Waals surface area contributed by atoms with Crippen molar-refractivity contribution in [3.05, 3.63) is 54.1 Å². The Kier molecular flexibility index (Phi) is 6.07. The van der Waals surface area contributed by atoms with Crippen molar-refractivity contribution in [1.29, 1.82) is 0 Å². The summed E-state index contributed by atoms with van der Waals surface area (Å²) in [5, 5.41) is 5.73. The van der Waals surface area contributed by atoms with Crippen LogP contribution in [0, 0.1) is 6.92 Å². The third-order valence-electron chi connectivity index (χ3n) is 3.99. The van der Waals surface area contributed by atoms with Crippen LogP contribution in [0.1, 0.15) is 12.5 Å². The van der Waals surface area contributed by atoms with Crippen molar-refractivity contribution < 1.29 is 9.53 Å². The smallest absolute Gasteiger partial charge is 0.319 e. The number of likely N-dealkylation sites (N-methyl/N-ethyl adjacent to an activating group) is 1. The van der Waals surface area contributed by atoms with Gasteiger partial charge in [0.15, 0.2) is 0 Å². The van der Waals surface area contributed by atoms with Gasteiger partial charge in [0.2, 0.25) is 0 Å². The minimum Gasteiger partial charge on any atom is -0.495 e. The van der Waals surface area contributed by atoms with Crippen molar-refractivity contribution >= 4 is 17.4 Å². The normalized spacial score (nSPS) is 11.5. The number of urea groups is 1. The van der Waals surface area contributed by atoms with E-state index in [4.69, 9.17) is 4.74 Å². The summed E-state index contributed by atoms with van der Waals surface area (Å²) in [6.07, 6.45) is 0. The van der Waals surface area contributed by atoms with E-state index in [9.17, 15) is 4.79 Å². The molecule has 0 spiro atoms. The van der Waals surface area contributed by atoms with Crippen LogP contribution in [-0.2, 0) is 0 Å². The van der Waals surface area contributed by atoms with Crippen molar-refractivity contribution in [2.24, 2.45) is 0 Å². The Hall–Kier alpha value is -2.69. The van der Waals surface area contributed by atoms with Crippen LogP contribution in [0.15, 0.2) is 48.5 Å². The monoisotopic (exact) mass is 327 g/mol. The molecule has 2 aromatic carbocycles. The Bertz CT molecular complexity index is 674. The van der Waals surface area contributed by atoms with Gasteiger partial charge < -0.3 is 20.3 Å². The summed E-state index contributed by atoms with van der Waals surface area (Å²) in [5.41, 5.74) is 2.85. The maximum atomic E-state index is 12.1. The van der Waals surface area contributed by atoms with Crippen molar-refractivity contribution in [2.45, 2.75) is 19.9 Å². The molecule has 0 saturated heterocycles. The maximum Gasteiger partial charge on any atom is 0.319 e. The van der Waals surface area contributed by atoms with Crippen LogP contribution in [0.25, 0.3) is 0 Å².